The van der Waals surface area contributed by atoms with Crippen molar-refractivity contribution in [1.29, 1.82) is 0 Å². The number of aromatic nitrogens is 2. The Hall–Kier alpha value is -1.97. The molecule has 1 heterocycles. The van der Waals surface area contributed by atoms with Crippen LogP contribution in [0.4, 0.5) is 4.39 Å². The summed E-state index contributed by atoms with van der Waals surface area (Å²) in [6, 6.07) is 4.83. The molecule has 0 saturated heterocycles. The summed E-state index contributed by atoms with van der Waals surface area (Å²) in [6.45, 7) is 6.88. The van der Waals surface area contributed by atoms with Gasteiger partial charge in [0.05, 0.1) is 5.56 Å². The Labute approximate surface area is 118 Å². The first-order chi connectivity index (χ1) is 9.51. The van der Waals surface area contributed by atoms with Crippen molar-refractivity contribution < 1.29 is 9.18 Å². The zero-order valence-corrected chi connectivity index (χ0v) is 12.1. The predicted molar refractivity (Wildman–Crippen MR) is 77.2 cm³/mol. The van der Waals surface area contributed by atoms with Crippen LogP contribution >= 0.6 is 0 Å². The molecular weight excluding hydrogens is 255 g/mol. The van der Waals surface area contributed by atoms with Gasteiger partial charge in [0.25, 0.3) is 0 Å². The van der Waals surface area contributed by atoms with Gasteiger partial charge < -0.3 is 0 Å². The number of carbonyl (C=O) groups is 1. The molecule has 0 aliphatic carbocycles. The molecule has 0 atom stereocenters. The van der Waals surface area contributed by atoms with E-state index in [-0.39, 0.29) is 5.82 Å². The molecule has 4 heteroatoms. The fourth-order valence-electron chi connectivity index (χ4n) is 2.06. The van der Waals surface area contributed by atoms with Gasteiger partial charge in [-0.1, -0.05) is 25.5 Å². The lowest BCUT2D eigenvalue weighted by Gasteiger charge is -2.04. The van der Waals surface area contributed by atoms with E-state index in [4.69, 9.17) is 0 Å². The molecule has 0 fully saturated rings. The first kappa shape index (κ1) is 14.4. The van der Waals surface area contributed by atoms with Crippen LogP contribution in [0, 0.1) is 18.7 Å². The number of carbonyl (C=O) groups excluding carboxylic acids is 1. The number of benzene rings is 1. The number of hydrogen-bond donors (Lipinski definition) is 0. The second-order valence-electron chi connectivity index (χ2n) is 5.48. The molecule has 0 spiro atoms. The van der Waals surface area contributed by atoms with Crippen molar-refractivity contribution >= 4 is 6.29 Å². The van der Waals surface area contributed by atoms with E-state index in [1.54, 1.807) is 23.0 Å². The van der Waals surface area contributed by atoms with Crippen molar-refractivity contribution in [2.75, 3.05) is 0 Å². The van der Waals surface area contributed by atoms with E-state index in [0.29, 0.717) is 22.7 Å². The van der Waals surface area contributed by atoms with Crippen molar-refractivity contribution in [1.82, 2.24) is 9.78 Å². The molecule has 2 aromatic rings. The van der Waals surface area contributed by atoms with Gasteiger partial charge in [-0.25, -0.2) is 4.39 Å². The minimum atomic E-state index is -0.354. The summed E-state index contributed by atoms with van der Waals surface area (Å²) < 4.78 is 15.7. The van der Waals surface area contributed by atoms with Crippen LogP contribution in [0.15, 0.2) is 24.4 Å². The zero-order valence-electron chi connectivity index (χ0n) is 12.1. The summed E-state index contributed by atoms with van der Waals surface area (Å²) in [5.41, 5.74) is 2.17. The zero-order chi connectivity index (χ0) is 14.7. The van der Waals surface area contributed by atoms with E-state index < -0.39 is 0 Å². The molecule has 0 amide bonds. The second kappa shape index (κ2) is 5.99. The minimum Gasteiger partial charge on any atom is -0.298 e. The van der Waals surface area contributed by atoms with Crippen LogP contribution in [0.1, 0.15) is 36.2 Å². The van der Waals surface area contributed by atoms with E-state index in [2.05, 4.69) is 18.9 Å². The van der Waals surface area contributed by atoms with Crippen molar-refractivity contribution in [2.24, 2.45) is 5.92 Å². The van der Waals surface area contributed by atoms with Crippen molar-refractivity contribution in [3.8, 4) is 11.3 Å². The van der Waals surface area contributed by atoms with Gasteiger partial charge in [-0.3, -0.25) is 9.48 Å². The van der Waals surface area contributed by atoms with Gasteiger partial charge >= 0.3 is 0 Å². The molecule has 0 aliphatic rings. The second-order valence-corrected chi connectivity index (χ2v) is 5.48. The third-order valence-corrected chi connectivity index (χ3v) is 3.23. The summed E-state index contributed by atoms with van der Waals surface area (Å²) >= 11 is 0. The number of nitrogens with zero attached hydrogens (tertiary/aromatic N) is 2. The maximum atomic E-state index is 13.9. The number of rotatable bonds is 5. The number of aryl methyl sites for hydroxylation is 2. The SMILES string of the molecule is Cc1ccc(F)c(-c2nn(CCC(C)C)cc2C=O)c1. The normalized spacial score (nSPS) is 11.1. The summed E-state index contributed by atoms with van der Waals surface area (Å²) in [5, 5.41) is 4.37. The summed E-state index contributed by atoms with van der Waals surface area (Å²) in [5.74, 6) is 0.200. The van der Waals surface area contributed by atoms with Crippen molar-refractivity contribution in [3.05, 3.63) is 41.3 Å². The van der Waals surface area contributed by atoms with Gasteiger partial charge in [0.2, 0.25) is 0 Å². The lowest BCUT2D eigenvalue weighted by Crippen LogP contribution is -2.02. The first-order valence-electron chi connectivity index (χ1n) is 6.80. The Morgan fingerprint density at radius 2 is 2.15 bits per heavy atom. The Morgan fingerprint density at radius 3 is 2.80 bits per heavy atom. The smallest absolute Gasteiger partial charge is 0.153 e. The van der Waals surface area contributed by atoms with E-state index in [9.17, 15) is 9.18 Å². The lowest BCUT2D eigenvalue weighted by molar-refractivity contribution is 0.112. The predicted octanol–water partition coefficient (Wildman–Crippen LogP) is 3.86. The molecule has 106 valence electrons. The minimum absolute atomic E-state index is 0.354. The Balaban J connectivity index is 2.40. The maximum Gasteiger partial charge on any atom is 0.153 e. The maximum absolute atomic E-state index is 13.9. The van der Waals surface area contributed by atoms with Gasteiger partial charge in [0, 0.05) is 18.3 Å². The molecule has 3 nitrogen and oxygen atoms in total. The highest BCUT2D eigenvalue weighted by atomic mass is 19.1. The van der Waals surface area contributed by atoms with Crippen LogP contribution < -0.4 is 0 Å². The Morgan fingerprint density at radius 1 is 1.40 bits per heavy atom. The third kappa shape index (κ3) is 3.13. The van der Waals surface area contributed by atoms with Gasteiger partial charge in [0.15, 0.2) is 6.29 Å². The highest BCUT2D eigenvalue weighted by Gasteiger charge is 2.14. The van der Waals surface area contributed by atoms with Crippen LogP contribution in [-0.2, 0) is 6.54 Å². The summed E-state index contributed by atoms with van der Waals surface area (Å²) in [4.78, 5) is 11.2. The van der Waals surface area contributed by atoms with E-state index in [1.807, 2.05) is 6.92 Å². The molecule has 2 rings (SSSR count). The van der Waals surface area contributed by atoms with Gasteiger partial charge in [-0.05, 0) is 31.4 Å². The Bertz CT molecular complexity index is 617. The van der Waals surface area contributed by atoms with Crippen LogP contribution in [0.3, 0.4) is 0 Å². The average molecular weight is 274 g/mol. The Kier molecular flexibility index (Phi) is 4.32. The quantitative estimate of drug-likeness (QED) is 0.776. The molecule has 0 saturated carbocycles. The molecule has 0 radical (unpaired) electrons. The summed E-state index contributed by atoms with van der Waals surface area (Å²) in [7, 11) is 0. The number of hydrogen-bond acceptors (Lipinski definition) is 2. The van der Waals surface area contributed by atoms with Crippen molar-refractivity contribution in [2.45, 2.75) is 33.7 Å². The van der Waals surface area contributed by atoms with Gasteiger partial charge in [-0.15, -0.1) is 0 Å². The van der Waals surface area contributed by atoms with Crippen LogP contribution in [0.5, 0.6) is 0 Å². The largest absolute Gasteiger partial charge is 0.298 e. The molecular formula is C16H19FN2O. The number of aldehydes is 1. The molecule has 1 aromatic carbocycles. The van der Waals surface area contributed by atoms with Crippen LogP contribution in [-0.4, -0.2) is 16.1 Å². The van der Waals surface area contributed by atoms with Crippen LogP contribution in [0.2, 0.25) is 0 Å². The molecule has 0 aliphatic heterocycles. The van der Waals surface area contributed by atoms with E-state index in [0.717, 1.165) is 24.8 Å². The highest BCUT2D eigenvalue weighted by molar-refractivity contribution is 5.85. The average Bonchev–Trinajstić information content (AvgIpc) is 2.82. The standard InChI is InChI=1S/C16H19FN2O/c1-11(2)6-7-19-9-13(10-20)16(18-19)14-8-12(3)4-5-15(14)17/h4-5,8-11H,6-7H2,1-3H3. The van der Waals surface area contributed by atoms with Gasteiger partial charge in [-0.2, -0.15) is 5.10 Å². The topological polar surface area (TPSA) is 34.9 Å². The molecule has 20 heavy (non-hydrogen) atoms. The van der Waals surface area contributed by atoms with Gasteiger partial charge in [0.1, 0.15) is 11.5 Å². The molecule has 0 unspecified atom stereocenters. The van der Waals surface area contributed by atoms with Crippen LogP contribution in [0.25, 0.3) is 11.3 Å². The highest BCUT2D eigenvalue weighted by Crippen LogP contribution is 2.25. The summed E-state index contributed by atoms with van der Waals surface area (Å²) in [6.07, 6.45) is 3.39. The van der Waals surface area contributed by atoms with E-state index >= 15 is 0 Å². The third-order valence-electron chi connectivity index (χ3n) is 3.23. The first-order valence-corrected chi connectivity index (χ1v) is 6.80. The van der Waals surface area contributed by atoms with Crippen molar-refractivity contribution in [3.63, 3.8) is 0 Å². The van der Waals surface area contributed by atoms with E-state index in [1.165, 1.54) is 6.07 Å². The molecule has 1 aromatic heterocycles. The number of halogens is 1. The molecule has 0 N–H and O–H groups in total. The monoisotopic (exact) mass is 274 g/mol. The fourth-order valence-corrected chi connectivity index (χ4v) is 2.06. The lowest BCUT2D eigenvalue weighted by atomic mass is 10.1. The fraction of sp³-hybridized carbons (Fsp3) is 0.375. The molecule has 0 bridgehead atoms.